The first-order chi connectivity index (χ1) is 14.2. The second-order valence-corrected chi connectivity index (χ2v) is 7.97. The summed E-state index contributed by atoms with van der Waals surface area (Å²) in [4.78, 5) is 21.9. The summed E-state index contributed by atoms with van der Waals surface area (Å²) in [5.41, 5.74) is 3.61. The number of imidazole rings is 1. The number of amides is 1. The molecule has 0 aliphatic heterocycles. The first-order valence-electron chi connectivity index (χ1n) is 9.67. The maximum absolute atomic E-state index is 13.0. The zero-order valence-corrected chi connectivity index (χ0v) is 17.4. The molecular formula is C22H24N6O2. The lowest BCUT2D eigenvalue weighted by molar-refractivity contribution is 0.0630. The van der Waals surface area contributed by atoms with Crippen LogP contribution in [0.4, 0.5) is 5.95 Å². The lowest BCUT2D eigenvalue weighted by Gasteiger charge is -2.20. The number of hydrogen-bond donors (Lipinski definition) is 2. The van der Waals surface area contributed by atoms with Crippen LogP contribution in [0.15, 0.2) is 48.8 Å². The van der Waals surface area contributed by atoms with E-state index in [9.17, 15) is 9.90 Å². The Hall–Kier alpha value is -3.52. The maximum Gasteiger partial charge on any atom is 0.258 e. The van der Waals surface area contributed by atoms with Gasteiger partial charge in [-0.15, -0.1) is 0 Å². The molecule has 8 heteroatoms. The number of aliphatic hydroxyl groups is 1. The number of para-hydroxylation sites is 2. The number of hydrogen-bond acceptors (Lipinski definition) is 5. The molecule has 3 heterocycles. The minimum Gasteiger partial charge on any atom is -0.389 e. The van der Waals surface area contributed by atoms with Crippen molar-refractivity contribution >= 4 is 22.9 Å². The van der Waals surface area contributed by atoms with Gasteiger partial charge >= 0.3 is 0 Å². The number of carbonyl (C=O) groups excluding carboxylic acids is 1. The fourth-order valence-corrected chi connectivity index (χ4v) is 3.36. The molecule has 3 aromatic heterocycles. The van der Waals surface area contributed by atoms with Gasteiger partial charge in [0.1, 0.15) is 0 Å². The number of rotatable bonds is 5. The zero-order chi connectivity index (χ0) is 21.5. The standard InChI is InChI=1S/C22H24N6O2/c1-14-16(12-24-27(14)4)18-11-15(9-10-23-18)20(29)26-21-25-17-7-5-6-8-19(17)28(21)13-22(2,3)30/h5-12,30H,13H2,1-4H3,(H,25,26,29). The molecule has 154 valence electrons. The van der Waals surface area contributed by atoms with Gasteiger partial charge in [0.15, 0.2) is 0 Å². The number of fused-ring (bicyclic) bond motifs is 1. The molecule has 1 amide bonds. The topological polar surface area (TPSA) is 97.9 Å². The number of benzene rings is 1. The number of nitrogens with one attached hydrogen (secondary N) is 1. The van der Waals surface area contributed by atoms with Gasteiger partial charge in [-0.3, -0.25) is 19.8 Å². The Labute approximate surface area is 174 Å². The van der Waals surface area contributed by atoms with Crippen molar-refractivity contribution in [3.8, 4) is 11.3 Å². The monoisotopic (exact) mass is 404 g/mol. The van der Waals surface area contributed by atoms with Gasteiger partial charge in [-0.05, 0) is 45.0 Å². The lowest BCUT2D eigenvalue weighted by Crippen LogP contribution is -2.27. The Bertz CT molecular complexity index is 1230. The molecule has 0 spiro atoms. The highest BCUT2D eigenvalue weighted by molar-refractivity contribution is 6.04. The normalized spacial score (nSPS) is 11.8. The first kappa shape index (κ1) is 19.8. The average molecular weight is 404 g/mol. The molecule has 0 aliphatic carbocycles. The van der Waals surface area contributed by atoms with E-state index in [2.05, 4.69) is 20.4 Å². The number of nitrogens with zero attached hydrogens (tertiary/aromatic N) is 5. The molecule has 4 rings (SSSR count). The second kappa shape index (κ2) is 7.38. The van der Waals surface area contributed by atoms with E-state index in [1.54, 1.807) is 43.1 Å². The number of aryl methyl sites for hydroxylation is 1. The van der Waals surface area contributed by atoms with Crippen molar-refractivity contribution in [1.29, 1.82) is 0 Å². The van der Waals surface area contributed by atoms with Crippen LogP contribution < -0.4 is 5.32 Å². The van der Waals surface area contributed by atoms with Gasteiger partial charge in [0, 0.05) is 30.1 Å². The number of carbonyl (C=O) groups is 1. The maximum atomic E-state index is 13.0. The van der Waals surface area contributed by atoms with E-state index in [1.165, 1.54) is 0 Å². The van der Waals surface area contributed by atoms with Crippen molar-refractivity contribution in [3.63, 3.8) is 0 Å². The third kappa shape index (κ3) is 3.81. The Kier molecular flexibility index (Phi) is 4.87. The summed E-state index contributed by atoms with van der Waals surface area (Å²) in [5.74, 6) is 0.0896. The van der Waals surface area contributed by atoms with Gasteiger partial charge in [0.2, 0.25) is 5.95 Å². The first-order valence-corrected chi connectivity index (χ1v) is 9.67. The van der Waals surface area contributed by atoms with E-state index in [1.807, 2.05) is 42.8 Å². The Balaban J connectivity index is 1.68. The molecule has 0 saturated heterocycles. The van der Waals surface area contributed by atoms with Crippen LogP contribution in [-0.2, 0) is 13.6 Å². The average Bonchev–Trinajstić information content (AvgIpc) is 3.21. The molecule has 0 saturated carbocycles. The summed E-state index contributed by atoms with van der Waals surface area (Å²) in [6.07, 6.45) is 3.35. The molecule has 0 radical (unpaired) electrons. The van der Waals surface area contributed by atoms with Gasteiger partial charge in [-0.2, -0.15) is 5.10 Å². The van der Waals surface area contributed by atoms with Gasteiger partial charge in [0.25, 0.3) is 5.91 Å². The largest absolute Gasteiger partial charge is 0.389 e. The summed E-state index contributed by atoms with van der Waals surface area (Å²) in [6.45, 7) is 5.69. The van der Waals surface area contributed by atoms with E-state index >= 15 is 0 Å². The summed E-state index contributed by atoms with van der Waals surface area (Å²) in [6, 6.07) is 11.0. The highest BCUT2D eigenvalue weighted by atomic mass is 16.3. The van der Waals surface area contributed by atoms with Crippen LogP contribution in [0.5, 0.6) is 0 Å². The predicted octanol–water partition coefficient (Wildman–Crippen LogP) is 3.16. The molecule has 0 unspecified atom stereocenters. The number of pyridine rings is 1. The minimum absolute atomic E-state index is 0.291. The second-order valence-electron chi connectivity index (χ2n) is 7.97. The number of anilines is 1. The molecule has 0 fully saturated rings. The van der Waals surface area contributed by atoms with E-state index in [0.717, 1.165) is 22.3 Å². The third-order valence-corrected chi connectivity index (χ3v) is 4.96. The molecule has 0 atom stereocenters. The van der Waals surface area contributed by atoms with Crippen molar-refractivity contribution in [2.45, 2.75) is 32.9 Å². The molecule has 2 N–H and O–H groups in total. The molecule has 1 aromatic carbocycles. The third-order valence-electron chi connectivity index (χ3n) is 4.96. The van der Waals surface area contributed by atoms with E-state index in [0.29, 0.717) is 23.8 Å². The van der Waals surface area contributed by atoms with Gasteiger partial charge in [-0.25, -0.2) is 4.98 Å². The van der Waals surface area contributed by atoms with Crippen LogP contribution in [0.2, 0.25) is 0 Å². The van der Waals surface area contributed by atoms with Crippen molar-refractivity contribution in [2.75, 3.05) is 5.32 Å². The molecule has 8 nitrogen and oxygen atoms in total. The van der Waals surface area contributed by atoms with Gasteiger partial charge < -0.3 is 9.67 Å². The molecule has 4 aromatic rings. The molecule has 0 aliphatic rings. The number of aromatic nitrogens is 5. The zero-order valence-electron chi connectivity index (χ0n) is 17.4. The highest BCUT2D eigenvalue weighted by Crippen LogP contribution is 2.24. The fraction of sp³-hybridized carbons (Fsp3) is 0.273. The van der Waals surface area contributed by atoms with Crippen LogP contribution in [0, 0.1) is 6.92 Å². The van der Waals surface area contributed by atoms with Gasteiger partial charge in [-0.1, -0.05) is 12.1 Å². The SMILES string of the molecule is Cc1c(-c2cc(C(=O)Nc3nc4ccccc4n3CC(C)(C)O)ccn2)cnn1C. The Morgan fingerprint density at radius 1 is 1.23 bits per heavy atom. The summed E-state index contributed by atoms with van der Waals surface area (Å²) < 4.78 is 3.59. The molecule has 30 heavy (non-hydrogen) atoms. The smallest absolute Gasteiger partial charge is 0.258 e. The summed E-state index contributed by atoms with van der Waals surface area (Å²) in [7, 11) is 1.86. The minimum atomic E-state index is -0.968. The van der Waals surface area contributed by atoms with Crippen LogP contribution in [0.3, 0.4) is 0 Å². The van der Waals surface area contributed by atoms with Crippen molar-refractivity contribution in [1.82, 2.24) is 24.3 Å². The summed E-state index contributed by atoms with van der Waals surface area (Å²) in [5, 5.41) is 17.5. The van der Waals surface area contributed by atoms with E-state index in [4.69, 9.17) is 0 Å². The van der Waals surface area contributed by atoms with E-state index in [-0.39, 0.29) is 5.91 Å². The lowest BCUT2D eigenvalue weighted by atomic mass is 10.1. The van der Waals surface area contributed by atoms with Crippen molar-refractivity contribution in [3.05, 3.63) is 60.0 Å². The van der Waals surface area contributed by atoms with E-state index < -0.39 is 5.60 Å². The van der Waals surface area contributed by atoms with Crippen molar-refractivity contribution < 1.29 is 9.90 Å². The Morgan fingerprint density at radius 3 is 2.70 bits per heavy atom. The summed E-state index contributed by atoms with van der Waals surface area (Å²) >= 11 is 0. The highest BCUT2D eigenvalue weighted by Gasteiger charge is 2.21. The quantitative estimate of drug-likeness (QED) is 0.532. The molecular weight excluding hydrogens is 380 g/mol. The van der Waals surface area contributed by atoms with Crippen LogP contribution in [0.25, 0.3) is 22.3 Å². The van der Waals surface area contributed by atoms with Crippen molar-refractivity contribution in [2.24, 2.45) is 7.05 Å². The van der Waals surface area contributed by atoms with Crippen LogP contribution in [-0.4, -0.2) is 40.9 Å². The fourth-order valence-electron chi connectivity index (χ4n) is 3.36. The predicted molar refractivity (Wildman–Crippen MR) is 115 cm³/mol. The Morgan fingerprint density at radius 2 is 2.00 bits per heavy atom. The van der Waals surface area contributed by atoms with Crippen LogP contribution in [0.1, 0.15) is 29.9 Å². The van der Waals surface area contributed by atoms with Crippen LogP contribution >= 0.6 is 0 Å². The molecule has 0 bridgehead atoms. The van der Waals surface area contributed by atoms with Gasteiger partial charge in [0.05, 0.1) is 35.1 Å².